The molecule has 0 spiro atoms. The molecule has 2 aromatic carbocycles. The summed E-state index contributed by atoms with van der Waals surface area (Å²) >= 11 is 0. The number of aryl methyl sites for hydroxylation is 1. The first-order valence-corrected chi connectivity index (χ1v) is 13.8. The van der Waals surface area contributed by atoms with Crippen molar-refractivity contribution in [1.29, 1.82) is 0 Å². The van der Waals surface area contributed by atoms with E-state index in [2.05, 4.69) is 0 Å². The van der Waals surface area contributed by atoms with E-state index in [1.54, 1.807) is 12.1 Å². The number of hydrogen-bond donors (Lipinski definition) is 2. The van der Waals surface area contributed by atoms with Gasteiger partial charge in [-0.3, -0.25) is 14.4 Å². The number of carbonyl (C=O) groups excluding carboxylic acids is 2. The van der Waals surface area contributed by atoms with E-state index >= 15 is 0 Å². The van der Waals surface area contributed by atoms with Gasteiger partial charge in [0, 0.05) is 17.5 Å². The van der Waals surface area contributed by atoms with Crippen molar-refractivity contribution in [3.8, 4) is 11.5 Å². The van der Waals surface area contributed by atoms with Gasteiger partial charge >= 0.3 is 5.97 Å². The first-order chi connectivity index (χ1) is 17.0. The molecule has 0 aromatic heterocycles. The Hall–Kier alpha value is -3.20. The molecule has 36 heavy (non-hydrogen) atoms. The number of phenolic OH excluding ortho intramolecular Hbond substituents is 1. The van der Waals surface area contributed by atoms with Crippen molar-refractivity contribution in [2.75, 3.05) is 12.4 Å². The number of aliphatic carboxylic acids is 1. The number of ketones is 2. The Morgan fingerprint density at radius 1 is 0.972 bits per heavy atom. The van der Waals surface area contributed by atoms with Crippen LogP contribution in [0.5, 0.6) is 11.5 Å². The van der Waals surface area contributed by atoms with E-state index in [0.29, 0.717) is 41.7 Å². The van der Waals surface area contributed by atoms with Crippen molar-refractivity contribution < 1.29 is 37.8 Å². The van der Waals surface area contributed by atoms with Gasteiger partial charge in [-0.1, -0.05) is 32.8 Å². The minimum absolute atomic E-state index is 0.100. The van der Waals surface area contributed by atoms with Crippen LogP contribution in [0.1, 0.15) is 84.7 Å². The number of Topliss-reactive ketones (excluding diaryl/α,β-unsaturated/α-hetero) is 2. The van der Waals surface area contributed by atoms with E-state index in [-0.39, 0.29) is 59.4 Å². The number of carboxylic acid groups (broad SMARTS) is 1. The average molecular weight is 519 g/mol. The largest absolute Gasteiger partial charge is 0.507 e. The number of carboxylic acids is 1. The maximum Gasteiger partial charge on any atom is 0.303 e. The second-order valence-corrected chi connectivity index (χ2v) is 10.7. The predicted octanol–water partition coefficient (Wildman–Crippen LogP) is 4.79. The zero-order chi connectivity index (χ0) is 26.9. The Balaban J connectivity index is 2.13. The van der Waals surface area contributed by atoms with Gasteiger partial charge in [-0.2, -0.15) is 0 Å². The molecule has 0 aliphatic carbocycles. The molecule has 0 fully saturated rings. The normalized spacial score (nSPS) is 11.3. The van der Waals surface area contributed by atoms with Crippen molar-refractivity contribution in [3.63, 3.8) is 0 Å². The first-order valence-electron chi connectivity index (χ1n) is 12.1. The molecule has 0 unspecified atom stereocenters. The molecule has 0 bridgehead atoms. The van der Waals surface area contributed by atoms with Gasteiger partial charge < -0.3 is 14.9 Å². The molecular weight excluding hydrogens is 484 g/mol. The summed E-state index contributed by atoms with van der Waals surface area (Å²) in [4.78, 5) is 34.9. The van der Waals surface area contributed by atoms with Crippen LogP contribution in [0.15, 0.2) is 35.2 Å². The highest BCUT2D eigenvalue weighted by Gasteiger charge is 2.21. The Labute approximate surface area is 212 Å². The molecule has 2 aromatic rings. The van der Waals surface area contributed by atoms with Crippen LogP contribution in [0, 0.1) is 0 Å². The summed E-state index contributed by atoms with van der Waals surface area (Å²) in [5.41, 5.74) is 1.59. The zero-order valence-electron chi connectivity index (χ0n) is 21.0. The molecule has 9 heteroatoms. The number of benzene rings is 2. The standard InChI is InChI=1S/C27H34O8S/c1-4-7-20-17-19(23(29)11-14-26(30)31)9-13-25(20)36(33,34)16-6-15-35-24-12-10-21(18(3)28)27(32)22(24)8-5-2/h9-10,12-13,17,32H,4-8,11,14-16H2,1-3H3,(H,30,31). The monoisotopic (exact) mass is 518 g/mol. The number of sulfone groups is 1. The minimum atomic E-state index is -3.66. The van der Waals surface area contributed by atoms with E-state index in [9.17, 15) is 27.9 Å². The van der Waals surface area contributed by atoms with Crippen molar-refractivity contribution >= 4 is 27.4 Å². The van der Waals surface area contributed by atoms with E-state index in [1.807, 2.05) is 13.8 Å². The van der Waals surface area contributed by atoms with Crippen LogP contribution in [0.3, 0.4) is 0 Å². The van der Waals surface area contributed by atoms with Crippen LogP contribution in [-0.2, 0) is 27.5 Å². The van der Waals surface area contributed by atoms with Crippen LogP contribution >= 0.6 is 0 Å². The molecule has 196 valence electrons. The first kappa shape index (κ1) is 29.0. The van der Waals surface area contributed by atoms with Crippen LogP contribution in [0.25, 0.3) is 0 Å². The van der Waals surface area contributed by atoms with E-state index < -0.39 is 15.8 Å². The lowest BCUT2D eigenvalue weighted by Gasteiger charge is -2.15. The Bertz CT molecular complexity index is 1210. The van der Waals surface area contributed by atoms with Gasteiger partial charge in [0.15, 0.2) is 21.4 Å². The van der Waals surface area contributed by atoms with Gasteiger partial charge in [0.2, 0.25) is 0 Å². The lowest BCUT2D eigenvalue weighted by molar-refractivity contribution is -0.136. The maximum atomic E-state index is 13.1. The third kappa shape index (κ3) is 7.65. The fourth-order valence-electron chi connectivity index (χ4n) is 3.96. The SMILES string of the molecule is CCCc1cc(C(=O)CCC(=O)O)ccc1S(=O)(=O)CCCOc1ccc(C(C)=O)c(O)c1CCC. The van der Waals surface area contributed by atoms with Gasteiger partial charge in [-0.15, -0.1) is 0 Å². The van der Waals surface area contributed by atoms with Crippen molar-refractivity contribution in [3.05, 3.63) is 52.6 Å². The summed E-state index contributed by atoms with van der Waals surface area (Å²) in [6.07, 6.45) is 2.16. The second-order valence-electron chi connectivity index (χ2n) is 8.65. The Kier molecular flexibility index (Phi) is 10.6. The number of rotatable bonds is 15. The number of carbonyl (C=O) groups is 3. The van der Waals surface area contributed by atoms with Gasteiger partial charge in [0.25, 0.3) is 0 Å². The lowest BCUT2D eigenvalue weighted by Crippen LogP contribution is -2.14. The summed E-state index contributed by atoms with van der Waals surface area (Å²) in [5.74, 6) is -1.50. The quantitative estimate of drug-likeness (QED) is 0.254. The molecule has 0 amide bonds. The lowest BCUT2D eigenvalue weighted by atomic mass is 10.0. The number of aromatic hydroxyl groups is 1. The molecule has 0 heterocycles. The molecule has 0 atom stereocenters. The summed E-state index contributed by atoms with van der Waals surface area (Å²) < 4.78 is 31.9. The smallest absolute Gasteiger partial charge is 0.303 e. The zero-order valence-corrected chi connectivity index (χ0v) is 21.8. The highest BCUT2D eigenvalue weighted by molar-refractivity contribution is 7.91. The van der Waals surface area contributed by atoms with Crippen LogP contribution in [0.4, 0.5) is 0 Å². The number of ether oxygens (including phenoxy) is 1. The highest BCUT2D eigenvalue weighted by atomic mass is 32.2. The summed E-state index contributed by atoms with van der Waals surface area (Å²) in [5, 5.41) is 19.3. The average Bonchev–Trinajstić information content (AvgIpc) is 2.82. The van der Waals surface area contributed by atoms with Crippen LogP contribution in [-0.4, -0.2) is 48.5 Å². The van der Waals surface area contributed by atoms with Gasteiger partial charge in [0.1, 0.15) is 11.5 Å². The fourth-order valence-corrected chi connectivity index (χ4v) is 5.51. The number of hydrogen-bond acceptors (Lipinski definition) is 7. The van der Waals surface area contributed by atoms with Gasteiger partial charge in [0.05, 0.1) is 29.2 Å². The van der Waals surface area contributed by atoms with Crippen LogP contribution in [0.2, 0.25) is 0 Å². The second kappa shape index (κ2) is 13.2. The fraction of sp³-hybridized carbons (Fsp3) is 0.444. The molecule has 0 saturated carbocycles. The van der Waals surface area contributed by atoms with Crippen LogP contribution < -0.4 is 4.74 Å². The number of phenols is 1. The van der Waals surface area contributed by atoms with E-state index in [4.69, 9.17) is 9.84 Å². The molecule has 2 rings (SSSR count). The summed E-state index contributed by atoms with van der Waals surface area (Å²) in [6, 6.07) is 7.53. The Morgan fingerprint density at radius 2 is 1.67 bits per heavy atom. The Morgan fingerprint density at radius 3 is 2.28 bits per heavy atom. The van der Waals surface area contributed by atoms with Crippen molar-refractivity contribution in [2.24, 2.45) is 0 Å². The molecule has 0 radical (unpaired) electrons. The predicted molar refractivity (Wildman–Crippen MR) is 136 cm³/mol. The third-order valence-electron chi connectivity index (χ3n) is 5.74. The molecule has 8 nitrogen and oxygen atoms in total. The van der Waals surface area contributed by atoms with Crippen molar-refractivity contribution in [2.45, 2.75) is 70.6 Å². The third-order valence-corrected chi connectivity index (χ3v) is 7.63. The molecule has 0 aliphatic heterocycles. The summed E-state index contributed by atoms with van der Waals surface area (Å²) in [7, 11) is -3.66. The molecule has 0 aliphatic rings. The maximum absolute atomic E-state index is 13.1. The minimum Gasteiger partial charge on any atom is -0.507 e. The topological polar surface area (TPSA) is 135 Å². The highest BCUT2D eigenvalue weighted by Crippen LogP contribution is 2.33. The van der Waals surface area contributed by atoms with Gasteiger partial charge in [-0.25, -0.2) is 8.42 Å². The van der Waals surface area contributed by atoms with Gasteiger partial charge in [-0.05, 0) is 56.0 Å². The molecule has 0 saturated heterocycles. The van der Waals surface area contributed by atoms with Crippen molar-refractivity contribution in [1.82, 2.24) is 0 Å². The molecule has 2 N–H and O–H groups in total. The van der Waals surface area contributed by atoms with E-state index in [0.717, 1.165) is 6.42 Å². The van der Waals surface area contributed by atoms with E-state index in [1.165, 1.54) is 25.1 Å². The summed E-state index contributed by atoms with van der Waals surface area (Å²) in [6.45, 7) is 5.32. The molecular formula is C27H34O8S.